The van der Waals surface area contributed by atoms with Crippen molar-refractivity contribution in [2.75, 3.05) is 0 Å². The second kappa shape index (κ2) is 7.34. The monoisotopic (exact) mass is 248 g/mol. The van der Waals surface area contributed by atoms with Gasteiger partial charge in [0.1, 0.15) is 24.4 Å². The van der Waals surface area contributed by atoms with E-state index in [9.17, 15) is 19.8 Å². The van der Waals surface area contributed by atoms with E-state index >= 15 is 0 Å². The van der Waals surface area contributed by atoms with Crippen LogP contribution in [0.2, 0.25) is 0 Å². The number of carboxylic acids is 2. The van der Waals surface area contributed by atoms with Gasteiger partial charge in [0.2, 0.25) is 0 Å². The second-order valence-corrected chi connectivity index (χ2v) is 2.51. The molecule has 0 unspecified atom stereocenters. The molecular weight excluding hydrogens is 240 g/mol. The van der Waals surface area contributed by atoms with Gasteiger partial charge in [-0.1, -0.05) is 0 Å². The summed E-state index contributed by atoms with van der Waals surface area (Å²) < 4.78 is 0. The molecule has 4 N–H and O–H groups in total. The predicted molar refractivity (Wildman–Crippen MR) is 39.8 cm³/mol. The molecule has 0 aromatic heterocycles. The van der Waals surface area contributed by atoms with Gasteiger partial charge >= 0.3 is 37.7 Å². The van der Waals surface area contributed by atoms with E-state index in [0.717, 1.165) is 0 Å². The van der Waals surface area contributed by atoms with Crippen molar-refractivity contribution >= 4 is 49.7 Å². The number of carbonyl (C=O) groups is 2. The molecule has 4 atom stereocenters. The van der Waals surface area contributed by atoms with E-state index in [1.807, 2.05) is 0 Å². The van der Waals surface area contributed by atoms with Crippen molar-refractivity contribution < 1.29 is 40.2 Å². The Hall–Kier alpha value is 0.0397. The molecule has 0 heterocycles. The molecule has 0 fully saturated rings. The average Bonchev–Trinajstić information content (AvgIpc) is 2.12. The molecule has 0 amide bonds. The van der Waals surface area contributed by atoms with Crippen LogP contribution in [-0.4, -0.2) is 94.5 Å². The Bertz CT molecular complexity index is 207. The van der Waals surface area contributed by atoms with Crippen molar-refractivity contribution in [2.45, 2.75) is 24.4 Å². The molecule has 0 aliphatic carbocycles. The minimum atomic E-state index is -2.50. The van der Waals surface area contributed by atoms with Gasteiger partial charge in [-0.2, -0.15) is 0 Å². The Balaban J connectivity index is 0. The molecule has 0 bridgehead atoms. The number of carbonyl (C=O) groups excluding carboxylic acids is 2. The Labute approximate surface area is 114 Å². The molecule has 0 radical (unpaired) electrons. The molecule has 82 valence electrons. The van der Waals surface area contributed by atoms with E-state index in [1.165, 1.54) is 0 Å². The van der Waals surface area contributed by atoms with Crippen molar-refractivity contribution in [1.82, 2.24) is 0 Å². The summed E-state index contributed by atoms with van der Waals surface area (Å²) in [6.07, 6.45) is -9.76. The molecule has 0 aliphatic heterocycles. The van der Waals surface area contributed by atoms with Gasteiger partial charge < -0.3 is 40.2 Å². The molecule has 0 aromatic rings. The molecule has 9 heteroatoms. The maximum atomic E-state index is 9.96. The van der Waals surface area contributed by atoms with Crippen LogP contribution in [0.25, 0.3) is 0 Å². The summed E-state index contributed by atoms with van der Waals surface area (Å²) in [6, 6.07) is 0. The van der Waals surface area contributed by atoms with Gasteiger partial charge in [0.05, 0.1) is 11.9 Å². The smallest absolute Gasteiger partial charge is 0.547 e. The van der Waals surface area contributed by atoms with Gasteiger partial charge in [-0.3, -0.25) is 0 Å². The fourth-order valence-corrected chi connectivity index (χ4v) is 0.652. The fraction of sp³-hybridized carbons (Fsp3) is 0.667. The number of carboxylic acid groups (broad SMARTS) is 2. The minimum absolute atomic E-state index is 0. The third-order valence-electron chi connectivity index (χ3n) is 1.48. The van der Waals surface area contributed by atoms with Crippen molar-refractivity contribution in [3.05, 3.63) is 0 Å². The third kappa shape index (κ3) is 5.07. The summed E-state index contributed by atoms with van der Waals surface area (Å²) in [7, 11) is 0. The third-order valence-corrected chi connectivity index (χ3v) is 1.48. The first kappa shape index (κ1) is 17.4. The molecule has 0 saturated heterocycles. The first-order valence-corrected chi connectivity index (χ1v) is 3.43. The number of aliphatic hydroxyl groups excluding tert-OH is 4. The zero-order valence-electron chi connectivity index (χ0n) is 7.44. The van der Waals surface area contributed by atoms with Crippen LogP contribution >= 0.6 is 0 Å². The topological polar surface area (TPSA) is 161 Å². The van der Waals surface area contributed by atoms with E-state index in [-0.39, 0.29) is 37.7 Å². The van der Waals surface area contributed by atoms with Crippen molar-refractivity contribution in [3.63, 3.8) is 0 Å². The van der Waals surface area contributed by atoms with E-state index < -0.39 is 36.4 Å². The summed E-state index contributed by atoms with van der Waals surface area (Å²) >= 11 is 0. The maximum Gasteiger partial charge on any atom is 2.00 e. The Morgan fingerprint density at radius 1 is 0.800 bits per heavy atom. The second-order valence-electron chi connectivity index (χ2n) is 2.51. The largest absolute Gasteiger partial charge is 2.00 e. The van der Waals surface area contributed by atoms with Crippen LogP contribution in [-0.2, 0) is 9.59 Å². The summed E-state index contributed by atoms with van der Waals surface area (Å²) in [5.41, 5.74) is 0. The first-order valence-electron chi connectivity index (χ1n) is 3.43. The standard InChI is InChI=1S/C6H10O8.Ca/c7-1(3(9)5(11)12)2(8)4(10)6(13)14;/h1-4,7-10H,(H,11,12)(H,13,14);/q;+2/p-2/t1-,2-,3-,4+;/m1./s1. The van der Waals surface area contributed by atoms with Gasteiger partial charge in [0.25, 0.3) is 0 Å². The molecule has 0 spiro atoms. The minimum Gasteiger partial charge on any atom is -0.547 e. The molecule has 0 aliphatic rings. The van der Waals surface area contributed by atoms with Crippen molar-refractivity contribution in [1.29, 1.82) is 0 Å². The van der Waals surface area contributed by atoms with Gasteiger partial charge in [-0.15, -0.1) is 0 Å². The molecule has 0 saturated carbocycles. The van der Waals surface area contributed by atoms with Crippen LogP contribution in [0.15, 0.2) is 0 Å². The Morgan fingerprint density at radius 2 is 1.00 bits per heavy atom. The van der Waals surface area contributed by atoms with Gasteiger partial charge in [0, 0.05) is 0 Å². The zero-order chi connectivity index (χ0) is 11.5. The number of hydrogen-bond donors (Lipinski definition) is 4. The van der Waals surface area contributed by atoms with Crippen LogP contribution in [0.4, 0.5) is 0 Å². The number of aliphatic hydroxyl groups is 4. The molecule has 0 rings (SSSR count). The quantitative estimate of drug-likeness (QED) is 0.349. The van der Waals surface area contributed by atoms with Crippen molar-refractivity contribution in [2.24, 2.45) is 0 Å². The predicted octanol–water partition coefficient (Wildman–Crippen LogP) is -6.45. The van der Waals surface area contributed by atoms with E-state index in [4.69, 9.17) is 20.4 Å². The number of aliphatic carboxylic acids is 2. The van der Waals surface area contributed by atoms with E-state index in [1.54, 1.807) is 0 Å². The zero-order valence-corrected chi connectivity index (χ0v) is 9.65. The summed E-state index contributed by atoms with van der Waals surface area (Å²) in [4.78, 5) is 19.9. The number of rotatable bonds is 5. The summed E-state index contributed by atoms with van der Waals surface area (Å²) in [5, 5.41) is 54.7. The normalized spacial score (nSPS) is 18.1. The van der Waals surface area contributed by atoms with Crippen LogP contribution in [0.1, 0.15) is 0 Å². The van der Waals surface area contributed by atoms with E-state index in [2.05, 4.69) is 0 Å². The Kier molecular flexibility index (Phi) is 8.53. The van der Waals surface area contributed by atoms with Gasteiger partial charge in [0.15, 0.2) is 0 Å². The Morgan fingerprint density at radius 3 is 1.13 bits per heavy atom. The molecular formula is C6H8CaO8. The summed E-state index contributed by atoms with van der Waals surface area (Å²) in [6.45, 7) is 0. The van der Waals surface area contributed by atoms with Gasteiger partial charge in [-0.05, 0) is 0 Å². The number of hydrogen-bond acceptors (Lipinski definition) is 8. The van der Waals surface area contributed by atoms with Crippen LogP contribution < -0.4 is 10.2 Å². The first-order chi connectivity index (χ1) is 6.29. The van der Waals surface area contributed by atoms with E-state index in [0.29, 0.717) is 0 Å². The van der Waals surface area contributed by atoms with Crippen LogP contribution in [0.3, 0.4) is 0 Å². The SMILES string of the molecule is O=C([O-])[C@@H](O)[C@H](O)[C@@H](O)[C@@H](O)C(=O)[O-].[Ca+2]. The fourth-order valence-electron chi connectivity index (χ4n) is 0.652. The summed E-state index contributed by atoms with van der Waals surface area (Å²) in [5.74, 6) is -4.22. The molecule has 8 nitrogen and oxygen atoms in total. The maximum absolute atomic E-state index is 9.96. The average molecular weight is 248 g/mol. The molecule has 0 aromatic carbocycles. The van der Waals surface area contributed by atoms with Crippen LogP contribution in [0, 0.1) is 0 Å². The van der Waals surface area contributed by atoms with Crippen molar-refractivity contribution in [3.8, 4) is 0 Å². The molecule has 15 heavy (non-hydrogen) atoms. The van der Waals surface area contributed by atoms with Crippen LogP contribution in [0.5, 0.6) is 0 Å². The van der Waals surface area contributed by atoms with Gasteiger partial charge in [-0.25, -0.2) is 0 Å².